The summed E-state index contributed by atoms with van der Waals surface area (Å²) in [6, 6.07) is 8.98. The highest BCUT2D eigenvalue weighted by Crippen LogP contribution is 2.37. The van der Waals surface area contributed by atoms with E-state index in [1.807, 2.05) is 0 Å². The Morgan fingerprint density at radius 2 is 1.93 bits per heavy atom. The molecule has 2 heterocycles. The van der Waals surface area contributed by atoms with Gasteiger partial charge in [-0.2, -0.15) is 13.2 Å². The van der Waals surface area contributed by atoms with Crippen LogP contribution in [0.15, 0.2) is 42.5 Å². The molecule has 0 aromatic heterocycles. The Kier molecular flexibility index (Phi) is 5.15. The van der Waals surface area contributed by atoms with Crippen molar-refractivity contribution in [3.63, 3.8) is 0 Å². The third kappa shape index (κ3) is 4.27. The lowest BCUT2D eigenvalue weighted by atomic mass is 10.1. The zero-order valence-corrected chi connectivity index (χ0v) is 15.7. The van der Waals surface area contributed by atoms with E-state index in [-0.39, 0.29) is 37.3 Å². The van der Waals surface area contributed by atoms with E-state index in [1.165, 1.54) is 12.1 Å². The van der Waals surface area contributed by atoms with Crippen molar-refractivity contribution in [2.24, 2.45) is 5.92 Å². The smallest absolute Gasteiger partial charge is 0.416 e. The fraction of sp³-hybridized carbons (Fsp3) is 0.300. The van der Waals surface area contributed by atoms with E-state index in [9.17, 15) is 22.8 Å². The minimum atomic E-state index is -4.49. The number of carbonyl (C=O) groups excluding carboxylic acids is 2. The first-order valence-electron chi connectivity index (χ1n) is 9.22. The van der Waals surface area contributed by atoms with Crippen LogP contribution in [0.25, 0.3) is 0 Å². The van der Waals surface area contributed by atoms with Crippen molar-refractivity contribution in [1.29, 1.82) is 0 Å². The summed E-state index contributed by atoms with van der Waals surface area (Å²) in [6.07, 6.45) is -4.24. The molecule has 0 radical (unpaired) electrons. The number of alkyl halides is 3. The Morgan fingerprint density at radius 3 is 2.73 bits per heavy atom. The van der Waals surface area contributed by atoms with Crippen LogP contribution < -0.4 is 25.0 Å². The lowest BCUT2D eigenvalue weighted by Gasteiger charge is -2.17. The van der Waals surface area contributed by atoms with Crippen LogP contribution in [0.3, 0.4) is 0 Å². The summed E-state index contributed by atoms with van der Waals surface area (Å²) in [6.45, 7) is 0.750. The SMILES string of the molecule is O=C(NC[C@H]1CC(=O)N(c2ccc3c(c2)OCO3)C1)Nc1cccc(C(F)(F)F)c1. The zero-order valence-electron chi connectivity index (χ0n) is 15.7. The maximum atomic E-state index is 12.8. The summed E-state index contributed by atoms with van der Waals surface area (Å²) in [5, 5.41) is 4.99. The van der Waals surface area contributed by atoms with Crippen molar-refractivity contribution in [2.45, 2.75) is 12.6 Å². The maximum Gasteiger partial charge on any atom is 0.416 e. The van der Waals surface area contributed by atoms with Gasteiger partial charge in [-0.05, 0) is 30.3 Å². The van der Waals surface area contributed by atoms with Gasteiger partial charge in [-0.3, -0.25) is 4.79 Å². The lowest BCUT2D eigenvalue weighted by molar-refractivity contribution is -0.137. The Morgan fingerprint density at radius 1 is 1.13 bits per heavy atom. The normalized spacial score (nSPS) is 17.9. The molecular formula is C20H18F3N3O4. The van der Waals surface area contributed by atoms with E-state index in [1.54, 1.807) is 23.1 Å². The number of hydrogen-bond donors (Lipinski definition) is 2. The molecule has 0 aliphatic carbocycles. The van der Waals surface area contributed by atoms with Crippen molar-refractivity contribution < 1.29 is 32.2 Å². The van der Waals surface area contributed by atoms with Crippen LogP contribution >= 0.6 is 0 Å². The van der Waals surface area contributed by atoms with Crippen molar-refractivity contribution in [3.8, 4) is 11.5 Å². The number of amides is 3. The van der Waals surface area contributed by atoms with Gasteiger partial charge in [0.15, 0.2) is 11.5 Å². The molecule has 158 valence electrons. The summed E-state index contributed by atoms with van der Waals surface area (Å²) in [5.41, 5.74) is -0.131. The first-order valence-corrected chi connectivity index (χ1v) is 9.22. The van der Waals surface area contributed by atoms with Gasteiger partial charge in [-0.25, -0.2) is 4.79 Å². The number of anilines is 2. The molecule has 1 fully saturated rings. The Bertz CT molecular complexity index is 980. The molecule has 1 saturated heterocycles. The number of carbonyl (C=O) groups is 2. The lowest BCUT2D eigenvalue weighted by Crippen LogP contribution is -2.34. The average molecular weight is 421 g/mol. The number of fused-ring (bicyclic) bond motifs is 1. The second-order valence-corrected chi connectivity index (χ2v) is 7.03. The standard InChI is InChI=1S/C20H18F3N3O4/c21-20(22,23)13-2-1-3-14(7-13)25-19(28)24-9-12-6-18(27)26(10-12)15-4-5-16-17(8-15)30-11-29-16/h1-5,7-8,12H,6,9-11H2,(H2,24,25,28)/t12-/m1/s1. The first-order chi connectivity index (χ1) is 14.3. The molecule has 30 heavy (non-hydrogen) atoms. The van der Waals surface area contributed by atoms with Crippen LogP contribution in [0, 0.1) is 5.92 Å². The van der Waals surface area contributed by atoms with Gasteiger partial charge < -0.3 is 25.0 Å². The Labute approximate surface area is 169 Å². The summed E-state index contributed by atoms with van der Waals surface area (Å²) < 4.78 is 48.9. The molecule has 2 N–H and O–H groups in total. The van der Waals surface area contributed by atoms with Crippen LogP contribution in [0.1, 0.15) is 12.0 Å². The second-order valence-electron chi connectivity index (χ2n) is 7.03. The predicted octanol–water partition coefficient (Wildman–Crippen LogP) is 3.61. The number of nitrogens with zero attached hydrogens (tertiary/aromatic N) is 1. The van der Waals surface area contributed by atoms with Gasteiger partial charge in [-0.1, -0.05) is 6.07 Å². The van der Waals surface area contributed by atoms with Crippen LogP contribution in [0.2, 0.25) is 0 Å². The van der Waals surface area contributed by atoms with Gasteiger partial charge in [0.05, 0.1) is 5.56 Å². The zero-order chi connectivity index (χ0) is 21.3. The van der Waals surface area contributed by atoms with Gasteiger partial charge in [-0.15, -0.1) is 0 Å². The van der Waals surface area contributed by atoms with E-state index in [0.29, 0.717) is 23.7 Å². The fourth-order valence-electron chi connectivity index (χ4n) is 3.41. The highest BCUT2D eigenvalue weighted by Gasteiger charge is 2.32. The monoisotopic (exact) mass is 421 g/mol. The molecule has 7 nitrogen and oxygen atoms in total. The van der Waals surface area contributed by atoms with E-state index >= 15 is 0 Å². The van der Waals surface area contributed by atoms with Crippen LogP contribution in [0.5, 0.6) is 11.5 Å². The topological polar surface area (TPSA) is 79.9 Å². The van der Waals surface area contributed by atoms with Crippen LogP contribution in [-0.4, -0.2) is 31.8 Å². The fourth-order valence-corrected chi connectivity index (χ4v) is 3.41. The van der Waals surface area contributed by atoms with Crippen molar-refractivity contribution >= 4 is 23.3 Å². The second kappa shape index (κ2) is 7.77. The maximum absolute atomic E-state index is 12.8. The first kappa shape index (κ1) is 19.9. The highest BCUT2D eigenvalue weighted by molar-refractivity contribution is 5.96. The highest BCUT2D eigenvalue weighted by atomic mass is 19.4. The number of nitrogens with one attached hydrogen (secondary N) is 2. The molecule has 0 saturated carbocycles. The molecule has 10 heteroatoms. The summed E-state index contributed by atoms with van der Waals surface area (Å²) >= 11 is 0. The van der Waals surface area contributed by atoms with Crippen molar-refractivity contribution in [2.75, 3.05) is 30.1 Å². The number of benzene rings is 2. The average Bonchev–Trinajstić information content (AvgIpc) is 3.31. The molecule has 2 aromatic rings. The quantitative estimate of drug-likeness (QED) is 0.791. The molecule has 2 aromatic carbocycles. The number of rotatable bonds is 4. The van der Waals surface area contributed by atoms with Gasteiger partial charge >= 0.3 is 12.2 Å². The van der Waals surface area contributed by atoms with Crippen molar-refractivity contribution in [3.05, 3.63) is 48.0 Å². The molecule has 4 rings (SSSR count). The Hall–Kier alpha value is -3.43. The van der Waals surface area contributed by atoms with Crippen molar-refractivity contribution in [1.82, 2.24) is 5.32 Å². The van der Waals surface area contributed by atoms with Gasteiger partial charge in [0.2, 0.25) is 12.7 Å². The summed E-state index contributed by atoms with van der Waals surface area (Å²) in [4.78, 5) is 26.0. The molecule has 1 atom stereocenters. The molecule has 0 spiro atoms. The summed E-state index contributed by atoms with van der Waals surface area (Å²) in [5.74, 6) is 0.978. The molecule has 0 unspecified atom stereocenters. The van der Waals surface area contributed by atoms with Crippen LogP contribution in [-0.2, 0) is 11.0 Å². The van der Waals surface area contributed by atoms with E-state index in [4.69, 9.17) is 9.47 Å². The molecule has 0 bridgehead atoms. The number of ether oxygens (including phenoxy) is 2. The molecular weight excluding hydrogens is 403 g/mol. The third-order valence-electron chi connectivity index (χ3n) is 4.87. The molecule has 2 aliphatic rings. The minimum Gasteiger partial charge on any atom is -0.454 e. The van der Waals surface area contributed by atoms with Gasteiger partial charge in [0.25, 0.3) is 0 Å². The van der Waals surface area contributed by atoms with E-state index in [0.717, 1.165) is 12.1 Å². The minimum absolute atomic E-state index is 0.0341. The number of urea groups is 1. The summed E-state index contributed by atoms with van der Waals surface area (Å²) in [7, 11) is 0. The van der Waals surface area contributed by atoms with Crippen LogP contribution in [0.4, 0.5) is 29.3 Å². The van der Waals surface area contributed by atoms with Gasteiger partial charge in [0.1, 0.15) is 0 Å². The third-order valence-corrected chi connectivity index (χ3v) is 4.87. The largest absolute Gasteiger partial charge is 0.454 e. The Balaban J connectivity index is 1.31. The van der Waals surface area contributed by atoms with E-state index < -0.39 is 17.8 Å². The van der Waals surface area contributed by atoms with Gasteiger partial charge in [0, 0.05) is 42.9 Å². The molecule has 2 aliphatic heterocycles. The molecule has 3 amide bonds. The van der Waals surface area contributed by atoms with E-state index in [2.05, 4.69) is 10.6 Å². The predicted molar refractivity (Wildman–Crippen MR) is 101 cm³/mol. The number of halogens is 3. The number of hydrogen-bond acceptors (Lipinski definition) is 4.